The van der Waals surface area contributed by atoms with Gasteiger partial charge in [-0.15, -0.1) is 0 Å². The van der Waals surface area contributed by atoms with E-state index in [9.17, 15) is 0 Å². The van der Waals surface area contributed by atoms with Crippen molar-refractivity contribution < 1.29 is 0 Å². The molecule has 1 spiro atoms. The van der Waals surface area contributed by atoms with Crippen LogP contribution in [0.4, 0.5) is 0 Å². The molecule has 121 heavy (non-hydrogen) atoms. The van der Waals surface area contributed by atoms with Crippen molar-refractivity contribution in [1.82, 2.24) is 0 Å². The third kappa shape index (κ3) is 13.5. The van der Waals surface area contributed by atoms with E-state index in [1.54, 1.807) is 0 Å². The molecular weight excluding hydrogens is 1450 g/mol. The largest absolute Gasteiger partial charge is 0.0726 e. The third-order valence-corrected chi connectivity index (χ3v) is 25.3. The molecule has 0 saturated carbocycles. The normalized spacial score (nSPS) is 12.0. The molecule has 0 radical (unpaired) electrons. The Kier molecular flexibility index (Phi) is 18.3. The zero-order valence-corrected chi connectivity index (χ0v) is 66.7. The van der Waals surface area contributed by atoms with E-state index in [4.69, 9.17) is 0 Å². The molecule has 2 aliphatic carbocycles. The minimum Gasteiger partial charge on any atom is -0.0622 e. The van der Waals surface area contributed by atoms with Gasteiger partial charge in [0.15, 0.2) is 0 Å². The summed E-state index contributed by atoms with van der Waals surface area (Å²) in [5.41, 5.74) is 47.5. The van der Waals surface area contributed by atoms with Crippen molar-refractivity contribution in [3.63, 3.8) is 0 Å². The number of hydrogen-bond acceptors (Lipinski definition) is 0. The highest BCUT2D eigenvalue weighted by Crippen LogP contribution is 2.65. The Bertz CT molecular complexity index is 6280. The van der Waals surface area contributed by atoms with Gasteiger partial charge in [-0.2, -0.15) is 0 Å². The van der Waals surface area contributed by atoms with E-state index in [2.05, 4.69) is 485 Å². The van der Waals surface area contributed by atoms with E-state index in [0.717, 1.165) is 0 Å². The second-order valence-electron chi connectivity index (χ2n) is 32.2. The Morgan fingerprint density at radius 1 is 0.0826 bits per heavy atom. The summed E-state index contributed by atoms with van der Waals surface area (Å²) in [4.78, 5) is 0. The summed E-state index contributed by atoms with van der Waals surface area (Å²) in [6.45, 7) is 0. The molecule has 0 bridgehead atoms. The lowest BCUT2D eigenvalue weighted by Gasteiger charge is -2.32. The van der Waals surface area contributed by atoms with Crippen LogP contribution in [0, 0.1) is 0 Å². The monoisotopic (exact) mass is 1530 g/mol. The summed E-state index contributed by atoms with van der Waals surface area (Å²) in [6, 6.07) is 180. The summed E-state index contributed by atoms with van der Waals surface area (Å²) < 4.78 is 0. The maximum Gasteiger partial charge on any atom is 0.0726 e. The van der Waals surface area contributed by atoms with Crippen LogP contribution in [-0.4, -0.2) is 0 Å². The predicted molar refractivity (Wildman–Crippen MR) is 510 cm³/mol. The van der Waals surface area contributed by atoms with Crippen LogP contribution in [0.15, 0.2) is 485 Å². The molecule has 0 amide bonds. The van der Waals surface area contributed by atoms with Crippen LogP contribution in [0.5, 0.6) is 0 Å². The highest BCUT2D eigenvalue weighted by Gasteiger charge is 2.52. The van der Waals surface area contributed by atoms with E-state index < -0.39 is 5.41 Å². The Labute approximate surface area is 708 Å². The Morgan fingerprint density at radius 2 is 0.174 bits per heavy atom. The molecule has 0 saturated heterocycles. The second-order valence-corrected chi connectivity index (χ2v) is 32.2. The van der Waals surface area contributed by atoms with Crippen LogP contribution in [0.2, 0.25) is 0 Å². The zero-order chi connectivity index (χ0) is 80.2. The van der Waals surface area contributed by atoms with Gasteiger partial charge >= 0.3 is 0 Å². The van der Waals surface area contributed by atoms with Crippen molar-refractivity contribution in [2.24, 2.45) is 0 Å². The third-order valence-electron chi connectivity index (χ3n) is 25.3. The van der Waals surface area contributed by atoms with E-state index in [-0.39, 0.29) is 0 Å². The van der Waals surface area contributed by atoms with Gasteiger partial charge in [0.1, 0.15) is 0 Å². The van der Waals surface area contributed by atoms with Gasteiger partial charge in [-0.3, -0.25) is 0 Å². The highest BCUT2D eigenvalue weighted by molar-refractivity contribution is 5.99. The van der Waals surface area contributed by atoms with Crippen LogP contribution >= 0.6 is 0 Å². The van der Waals surface area contributed by atoms with Crippen molar-refractivity contribution >= 4 is 0 Å². The number of hydrogen-bond donors (Lipinski definition) is 0. The maximum absolute atomic E-state index is 2.54. The number of rotatable bonds is 16. The van der Waals surface area contributed by atoms with Gasteiger partial charge in [0.05, 0.1) is 5.41 Å². The maximum atomic E-state index is 2.54. The fourth-order valence-electron chi connectivity index (χ4n) is 18.7. The van der Waals surface area contributed by atoms with Crippen LogP contribution in [0.3, 0.4) is 0 Å². The first-order valence-corrected chi connectivity index (χ1v) is 42.0. The molecule has 0 aromatic heterocycles. The summed E-state index contributed by atoms with van der Waals surface area (Å²) in [6.07, 6.45) is 0. The predicted octanol–water partition coefficient (Wildman–Crippen LogP) is 32.7. The molecule has 0 atom stereocenters. The lowest BCUT2D eigenvalue weighted by atomic mass is 9.69. The molecular formula is C121H80. The van der Waals surface area contributed by atoms with Gasteiger partial charge in [-0.1, -0.05) is 461 Å². The van der Waals surface area contributed by atoms with Crippen molar-refractivity contribution in [2.45, 2.75) is 5.41 Å². The Balaban J connectivity index is 0.638. The molecule has 0 aliphatic heterocycles. The van der Waals surface area contributed by atoms with E-state index in [0.29, 0.717) is 0 Å². The smallest absolute Gasteiger partial charge is 0.0622 e. The summed E-state index contributed by atoms with van der Waals surface area (Å²) >= 11 is 0. The second kappa shape index (κ2) is 30.8. The fraction of sp³-hybridized carbons (Fsp3) is 0.00826. The minimum atomic E-state index is -0.742. The zero-order valence-electron chi connectivity index (χ0n) is 66.7. The molecule has 0 heteroatoms. The fourth-order valence-corrected chi connectivity index (χ4v) is 18.7. The number of fused-ring (bicyclic) bond motifs is 10. The molecule has 564 valence electrons. The minimum absolute atomic E-state index is 0.742. The van der Waals surface area contributed by atoms with Crippen LogP contribution in [0.25, 0.3) is 200 Å². The van der Waals surface area contributed by atoms with Gasteiger partial charge in [0, 0.05) is 0 Å². The first kappa shape index (κ1) is 71.9. The van der Waals surface area contributed by atoms with E-state index in [1.807, 2.05) is 0 Å². The number of benzene rings is 20. The van der Waals surface area contributed by atoms with E-state index in [1.165, 1.54) is 223 Å². The molecule has 0 nitrogen and oxygen atoms in total. The molecule has 0 unspecified atom stereocenters. The van der Waals surface area contributed by atoms with Crippen molar-refractivity contribution in [3.8, 4) is 200 Å². The van der Waals surface area contributed by atoms with Gasteiger partial charge < -0.3 is 0 Å². The van der Waals surface area contributed by atoms with E-state index >= 15 is 0 Å². The van der Waals surface area contributed by atoms with Crippen LogP contribution < -0.4 is 0 Å². The van der Waals surface area contributed by atoms with Gasteiger partial charge in [-0.05, 0) is 247 Å². The molecule has 0 fully saturated rings. The van der Waals surface area contributed by atoms with Crippen LogP contribution in [0.1, 0.15) is 22.3 Å². The lowest BCUT2D eigenvalue weighted by molar-refractivity contribution is 0.795. The lowest BCUT2D eigenvalue weighted by Crippen LogP contribution is -2.26. The average molecular weight is 1530 g/mol. The van der Waals surface area contributed by atoms with Gasteiger partial charge in [0.25, 0.3) is 0 Å². The average Bonchev–Trinajstić information content (AvgIpc) is 1.50. The summed E-state index contributed by atoms with van der Waals surface area (Å²) in [5.74, 6) is 0. The first-order chi connectivity index (χ1) is 59.9. The Morgan fingerprint density at radius 3 is 0.289 bits per heavy atom. The first-order valence-electron chi connectivity index (χ1n) is 42.0. The summed E-state index contributed by atoms with van der Waals surface area (Å²) in [5, 5.41) is 0. The molecule has 0 N–H and O–H groups in total. The van der Waals surface area contributed by atoms with Crippen molar-refractivity contribution in [3.05, 3.63) is 508 Å². The molecule has 20 aromatic carbocycles. The van der Waals surface area contributed by atoms with Crippen LogP contribution in [-0.2, 0) is 5.41 Å². The molecule has 20 aromatic rings. The van der Waals surface area contributed by atoms with Crippen molar-refractivity contribution in [2.75, 3.05) is 0 Å². The highest BCUT2D eigenvalue weighted by atomic mass is 14.5. The van der Waals surface area contributed by atoms with Gasteiger partial charge in [-0.25, -0.2) is 0 Å². The van der Waals surface area contributed by atoms with Gasteiger partial charge in [0.2, 0.25) is 0 Å². The topological polar surface area (TPSA) is 0 Å². The quantitative estimate of drug-likeness (QED) is 0.0904. The Hall–Kier alpha value is -15.6. The standard InChI is InChI=1S/C121H80/c1-5-13-81(14-6-1)85-21-29-89(30-22-85)93-37-45-97(46-38-93)101-53-61-105(62-54-101)109-69-73-113-114-74-70-110(106-63-55-102(56-64-106)98-47-39-94(40-48-98)90-31-23-86(24-32-90)82-15-7-2-8-16-82)78-118(114)121(117(113)77-109)119-79-111(107-65-57-103(58-66-107)99-49-41-95(42-50-99)91-33-25-87(26-34-91)83-17-9-3-10-18-83)71-75-115(119)116-76-72-112(80-120(116)121)108-67-59-104(60-68-108)100-51-43-96(44-52-100)92-35-27-88(28-36-92)84-19-11-4-12-20-84/h1-80H. The summed E-state index contributed by atoms with van der Waals surface area (Å²) in [7, 11) is 0. The molecule has 2 aliphatic rings. The molecule has 0 heterocycles. The molecule has 22 rings (SSSR count). The van der Waals surface area contributed by atoms with Crippen molar-refractivity contribution in [1.29, 1.82) is 0 Å². The SMILES string of the molecule is c1ccc(-c2ccc(-c3ccc(-c4ccc(-c5ccc6c(c5)C5(c7cc(-c8ccc(-c9ccc(-c%10ccc(-c%11ccccc%11)cc%10)cc9)cc8)ccc7-6)c6cc(-c7ccc(-c8ccc(-c9ccc(-c%10ccccc%10)cc9)cc8)cc7)ccc6-c6ccc(-c7ccc(-c8ccc(-c9ccc(-c%10ccccc%10)cc9)cc8)cc7)cc65)cc4)cc3)cc2)cc1.